The summed E-state index contributed by atoms with van der Waals surface area (Å²) < 4.78 is 11.2. The Morgan fingerprint density at radius 1 is 1.11 bits per heavy atom. The number of hydrogen-bond acceptors (Lipinski definition) is 4. The fourth-order valence-corrected chi connectivity index (χ4v) is 2.79. The zero-order valence-corrected chi connectivity index (χ0v) is 15.3. The Morgan fingerprint density at radius 3 is 2.63 bits per heavy atom. The van der Waals surface area contributed by atoms with Crippen LogP contribution in [-0.2, 0) is 11.4 Å². The summed E-state index contributed by atoms with van der Waals surface area (Å²) in [5, 5.41) is 9.37. The van der Waals surface area contributed by atoms with Gasteiger partial charge in [-0.25, -0.2) is 0 Å². The zero-order valence-electron chi connectivity index (χ0n) is 15.3. The van der Waals surface area contributed by atoms with Gasteiger partial charge in [0.25, 0.3) is 0 Å². The number of carboxylic acid groups (broad SMARTS) is 1. The van der Waals surface area contributed by atoms with E-state index in [4.69, 9.17) is 9.47 Å². The van der Waals surface area contributed by atoms with Crippen molar-refractivity contribution in [2.45, 2.75) is 19.4 Å². The molecule has 0 aliphatic heterocycles. The van der Waals surface area contributed by atoms with E-state index in [0.717, 1.165) is 16.7 Å². The van der Waals surface area contributed by atoms with Crippen molar-refractivity contribution in [3.63, 3.8) is 0 Å². The number of nitrogens with zero attached hydrogens (tertiary/aromatic N) is 1. The minimum Gasteiger partial charge on any atom is -0.497 e. The van der Waals surface area contributed by atoms with E-state index in [1.54, 1.807) is 38.4 Å². The zero-order chi connectivity index (χ0) is 19.2. The minimum absolute atomic E-state index is 0.333. The normalized spacial score (nSPS) is 11.6. The quantitative estimate of drug-likeness (QED) is 0.668. The fraction of sp³-hybridized carbons (Fsp3) is 0.182. The van der Waals surface area contributed by atoms with E-state index in [2.05, 4.69) is 4.98 Å². The summed E-state index contributed by atoms with van der Waals surface area (Å²) in [6.45, 7) is 1.97. The average molecular weight is 363 g/mol. The van der Waals surface area contributed by atoms with Crippen molar-refractivity contribution in [1.29, 1.82) is 0 Å². The molecule has 138 valence electrons. The Morgan fingerprint density at radius 2 is 1.93 bits per heavy atom. The molecule has 0 fully saturated rings. The minimum atomic E-state index is -0.910. The van der Waals surface area contributed by atoms with Crippen LogP contribution >= 0.6 is 0 Å². The predicted octanol–water partition coefficient (Wildman–Crippen LogP) is 4.52. The topological polar surface area (TPSA) is 68.7 Å². The van der Waals surface area contributed by atoms with Crippen LogP contribution in [0.15, 0.2) is 67.0 Å². The fourth-order valence-electron chi connectivity index (χ4n) is 2.79. The molecule has 0 amide bonds. The molecule has 0 bridgehead atoms. The number of methoxy groups -OCH3 is 1. The monoisotopic (exact) mass is 363 g/mol. The average Bonchev–Trinajstić information content (AvgIpc) is 2.72. The second-order valence-electron chi connectivity index (χ2n) is 6.19. The maximum atomic E-state index is 11.4. The van der Waals surface area contributed by atoms with Crippen molar-refractivity contribution < 1.29 is 19.4 Å². The Hall–Kier alpha value is -3.34. The van der Waals surface area contributed by atoms with Crippen molar-refractivity contribution in [1.82, 2.24) is 4.98 Å². The van der Waals surface area contributed by atoms with Crippen LogP contribution in [0.25, 0.3) is 11.1 Å². The van der Waals surface area contributed by atoms with E-state index >= 15 is 0 Å². The highest BCUT2D eigenvalue weighted by atomic mass is 16.5. The molecule has 0 aliphatic rings. The number of pyridine rings is 1. The Labute approximate surface area is 158 Å². The highest BCUT2D eigenvalue weighted by Crippen LogP contribution is 2.31. The number of rotatable bonds is 7. The van der Waals surface area contributed by atoms with Gasteiger partial charge >= 0.3 is 5.97 Å². The van der Waals surface area contributed by atoms with Gasteiger partial charge in [0.05, 0.1) is 13.0 Å². The lowest BCUT2D eigenvalue weighted by Crippen LogP contribution is -2.10. The summed E-state index contributed by atoms with van der Waals surface area (Å²) in [5.41, 5.74) is 3.66. The van der Waals surface area contributed by atoms with Gasteiger partial charge in [0.1, 0.15) is 18.1 Å². The molecule has 5 nitrogen and oxygen atoms in total. The third-order valence-corrected chi connectivity index (χ3v) is 4.37. The van der Waals surface area contributed by atoms with Crippen LogP contribution in [0.2, 0.25) is 0 Å². The molecule has 0 spiro atoms. The van der Waals surface area contributed by atoms with Gasteiger partial charge in [0.15, 0.2) is 0 Å². The Bertz CT molecular complexity index is 925. The third-order valence-electron chi connectivity index (χ3n) is 4.37. The second kappa shape index (κ2) is 8.36. The van der Waals surface area contributed by atoms with E-state index in [-0.39, 0.29) is 0 Å². The molecular formula is C22H21NO4. The van der Waals surface area contributed by atoms with E-state index in [1.807, 2.05) is 42.6 Å². The standard InChI is InChI=1S/C22H21NO4/c1-15(22(24)25)20-12-19(26-2)8-9-21(20)27-14-16-5-3-6-17(11-16)18-7-4-10-23-13-18/h3-13,15H,14H2,1-2H3,(H,24,25). The largest absolute Gasteiger partial charge is 0.497 e. The summed E-state index contributed by atoms with van der Waals surface area (Å²) >= 11 is 0. The van der Waals surface area contributed by atoms with E-state index in [9.17, 15) is 9.90 Å². The lowest BCUT2D eigenvalue weighted by atomic mass is 10.00. The van der Waals surface area contributed by atoms with Crippen molar-refractivity contribution in [2.24, 2.45) is 0 Å². The molecule has 5 heteroatoms. The highest BCUT2D eigenvalue weighted by Gasteiger charge is 2.19. The first-order valence-electron chi connectivity index (χ1n) is 8.61. The van der Waals surface area contributed by atoms with Crippen molar-refractivity contribution in [3.05, 3.63) is 78.1 Å². The molecule has 1 atom stereocenters. The van der Waals surface area contributed by atoms with Gasteiger partial charge in [-0.05, 0) is 53.9 Å². The first-order chi connectivity index (χ1) is 13.1. The van der Waals surface area contributed by atoms with Crippen molar-refractivity contribution in [3.8, 4) is 22.6 Å². The molecular weight excluding hydrogens is 342 g/mol. The van der Waals surface area contributed by atoms with Crippen LogP contribution in [0.4, 0.5) is 0 Å². The molecule has 1 aromatic heterocycles. The summed E-state index contributed by atoms with van der Waals surface area (Å²) in [5.74, 6) is -0.468. The maximum Gasteiger partial charge on any atom is 0.310 e. The van der Waals surface area contributed by atoms with Crippen LogP contribution in [-0.4, -0.2) is 23.2 Å². The summed E-state index contributed by atoms with van der Waals surface area (Å²) in [7, 11) is 1.55. The van der Waals surface area contributed by atoms with Gasteiger partial charge in [0.2, 0.25) is 0 Å². The smallest absolute Gasteiger partial charge is 0.310 e. The Kier molecular flexibility index (Phi) is 5.71. The van der Waals surface area contributed by atoms with Gasteiger partial charge in [-0.2, -0.15) is 0 Å². The van der Waals surface area contributed by atoms with Crippen LogP contribution < -0.4 is 9.47 Å². The van der Waals surface area contributed by atoms with Crippen LogP contribution in [0.3, 0.4) is 0 Å². The molecule has 3 rings (SSSR count). The second-order valence-corrected chi connectivity index (χ2v) is 6.19. The highest BCUT2D eigenvalue weighted by molar-refractivity contribution is 5.77. The number of aliphatic carboxylic acids is 1. The van der Waals surface area contributed by atoms with Gasteiger partial charge < -0.3 is 14.6 Å². The lowest BCUT2D eigenvalue weighted by Gasteiger charge is -2.16. The molecule has 27 heavy (non-hydrogen) atoms. The molecule has 0 aliphatic carbocycles. The Balaban J connectivity index is 1.82. The number of ether oxygens (including phenoxy) is 2. The number of aromatic nitrogens is 1. The SMILES string of the molecule is COc1ccc(OCc2cccc(-c3cccnc3)c2)c(C(C)C(=O)O)c1. The van der Waals surface area contributed by atoms with Gasteiger partial charge in [0, 0.05) is 18.0 Å². The number of benzene rings is 2. The third kappa shape index (κ3) is 4.44. The summed E-state index contributed by atoms with van der Waals surface area (Å²) in [6.07, 6.45) is 3.56. The summed E-state index contributed by atoms with van der Waals surface area (Å²) in [4.78, 5) is 15.6. The van der Waals surface area contributed by atoms with Crippen molar-refractivity contribution in [2.75, 3.05) is 7.11 Å². The molecule has 0 saturated heterocycles. The molecule has 1 unspecified atom stereocenters. The van der Waals surface area contributed by atoms with Gasteiger partial charge in [-0.1, -0.05) is 24.3 Å². The molecule has 1 N–H and O–H groups in total. The lowest BCUT2D eigenvalue weighted by molar-refractivity contribution is -0.138. The number of hydrogen-bond donors (Lipinski definition) is 1. The van der Waals surface area contributed by atoms with E-state index < -0.39 is 11.9 Å². The number of carboxylic acids is 1. The predicted molar refractivity (Wildman–Crippen MR) is 103 cm³/mol. The van der Waals surface area contributed by atoms with E-state index in [1.165, 1.54) is 0 Å². The van der Waals surface area contributed by atoms with Crippen LogP contribution in [0.1, 0.15) is 24.0 Å². The molecule has 0 radical (unpaired) electrons. The summed E-state index contributed by atoms with van der Waals surface area (Å²) in [6, 6.07) is 17.1. The van der Waals surface area contributed by atoms with Crippen LogP contribution in [0, 0.1) is 0 Å². The first-order valence-corrected chi connectivity index (χ1v) is 8.61. The van der Waals surface area contributed by atoms with E-state index in [0.29, 0.717) is 23.7 Å². The van der Waals surface area contributed by atoms with Crippen molar-refractivity contribution >= 4 is 5.97 Å². The first kappa shape index (κ1) is 18.5. The maximum absolute atomic E-state index is 11.4. The molecule has 1 heterocycles. The molecule has 3 aromatic rings. The van der Waals surface area contributed by atoms with Gasteiger partial charge in [-0.3, -0.25) is 9.78 Å². The molecule has 0 saturated carbocycles. The van der Waals surface area contributed by atoms with Crippen LogP contribution in [0.5, 0.6) is 11.5 Å². The number of carbonyl (C=O) groups is 1. The van der Waals surface area contributed by atoms with Gasteiger partial charge in [-0.15, -0.1) is 0 Å². The molecule has 2 aromatic carbocycles.